The fourth-order valence-corrected chi connectivity index (χ4v) is 4.12. The van der Waals surface area contributed by atoms with Gasteiger partial charge in [0.1, 0.15) is 11.3 Å². The molecule has 0 atom stereocenters. The minimum atomic E-state index is -0.458. The molecule has 1 aromatic carbocycles. The highest BCUT2D eigenvalue weighted by molar-refractivity contribution is 6.00. The molecule has 4 rings (SSSR count). The van der Waals surface area contributed by atoms with Crippen molar-refractivity contribution >= 4 is 16.9 Å². The zero-order valence-corrected chi connectivity index (χ0v) is 15.5. The number of aryl methyl sites for hydroxylation is 3. The molecular weight excluding hydrogens is 316 g/mol. The Bertz CT molecular complexity index is 831. The van der Waals surface area contributed by atoms with Crippen LogP contribution in [0.3, 0.4) is 0 Å². The highest BCUT2D eigenvalue weighted by atomic mass is 16.5. The highest BCUT2D eigenvalue weighted by Crippen LogP contribution is 2.37. The minimum absolute atomic E-state index is 0.0344. The van der Waals surface area contributed by atoms with E-state index in [1.54, 1.807) is 0 Å². The van der Waals surface area contributed by atoms with Crippen molar-refractivity contribution in [1.29, 1.82) is 0 Å². The number of likely N-dealkylation sites (tertiary alicyclic amines) is 1. The number of amides is 1. The predicted octanol–water partition coefficient (Wildman–Crippen LogP) is 3.25. The number of rotatable bonds is 1. The molecule has 0 N–H and O–H groups in total. The van der Waals surface area contributed by atoms with E-state index in [4.69, 9.17) is 9.15 Å². The van der Waals surface area contributed by atoms with Crippen LogP contribution in [0.2, 0.25) is 0 Å². The number of carbonyl (C=O) groups is 1. The average Bonchev–Trinajstić information content (AvgIpc) is 3.16. The molecule has 134 valence electrons. The molecule has 2 fully saturated rings. The first-order chi connectivity index (χ1) is 11.9. The molecule has 0 saturated carbocycles. The van der Waals surface area contributed by atoms with Crippen molar-refractivity contribution in [3.8, 4) is 0 Å². The summed E-state index contributed by atoms with van der Waals surface area (Å²) in [6.45, 7) is 9.22. The van der Waals surface area contributed by atoms with E-state index >= 15 is 0 Å². The van der Waals surface area contributed by atoms with Crippen molar-refractivity contribution in [2.45, 2.75) is 39.3 Å². The molecule has 2 aromatic rings. The van der Waals surface area contributed by atoms with E-state index in [1.165, 1.54) is 5.56 Å². The Hall–Kier alpha value is -1.85. The molecule has 0 aliphatic carbocycles. The van der Waals surface area contributed by atoms with E-state index in [-0.39, 0.29) is 5.91 Å². The third-order valence-electron chi connectivity index (χ3n) is 6.01. The van der Waals surface area contributed by atoms with Gasteiger partial charge < -0.3 is 19.0 Å². The SMILES string of the molecule is Cc1ccc2c(C)c(C(=O)N3CCOC34CCN(C)CC4)oc2c1C. The van der Waals surface area contributed by atoms with Crippen molar-refractivity contribution in [1.82, 2.24) is 9.80 Å². The fourth-order valence-electron chi connectivity index (χ4n) is 4.12. The van der Waals surface area contributed by atoms with Crippen LogP contribution in [-0.4, -0.2) is 54.7 Å². The predicted molar refractivity (Wildman–Crippen MR) is 96.9 cm³/mol. The maximum absolute atomic E-state index is 13.3. The zero-order chi connectivity index (χ0) is 17.8. The van der Waals surface area contributed by atoms with Crippen LogP contribution in [-0.2, 0) is 4.74 Å². The normalized spacial score (nSPS) is 20.7. The number of furan rings is 1. The van der Waals surface area contributed by atoms with Gasteiger partial charge in [-0.1, -0.05) is 12.1 Å². The Kier molecular flexibility index (Phi) is 3.89. The third kappa shape index (κ3) is 2.49. The summed E-state index contributed by atoms with van der Waals surface area (Å²) in [5, 5.41) is 1.03. The van der Waals surface area contributed by atoms with Crippen molar-refractivity contribution in [3.63, 3.8) is 0 Å². The largest absolute Gasteiger partial charge is 0.450 e. The smallest absolute Gasteiger partial charge is 0.292 e. The first kappa shape index (κ1) is 16.6. The van der Waals surface area contributed by atoms with Gasteiger partial charge in [-0.05, 0) is 38.9 Å². The van der Waals surface area contributed by atoms with Crippen molar-refractivity contribution in [3.05, 3.63) is 34.6 Å². The molecule has 0 radical (unpaired) electrons. The standard InChI is InChI=1S/C20H26N2O3/c1-13-5-6-16-15(3)18(25-17(16)14(13)2)19(23)22-11-12-24-20(22)7-9-21(4)10-8-20/h5-6H,7-12H2,1-4H3. The van der Waals surface area contributed by atoms with Gasteiger partial charge in [-0.2, -0.15) is 0 Å². The molecule has 5 heteroatoms. The summed E-state index contributed by atoms with van der Waals surface area (Å²) in [5.41, 5.74) is 3.58. The molecule has 1 spiro atoms. The Morgan fingerprint density at radius 3 is 2.52 bits per heavy atom. The molecule has 1 aromatic heterocycles. The lowest BCUT2D eigenvalue weighted by Crippen LogP contribution is -2.54. The topological polar surface area (TPSA) is 45.9 Å². The van der Waals surface area contributed by atoms with Gasteiger partial charge in [0.05, 0.1) is 6.61 Å². The summed E-state index contributed by atoms with van der Waals surface area (Å²) >= 11 is 0. The molecule has 3 heterocycles. The number of carbonyl (C=O) groups excluding carboxylic acids is 1. The lowest BCUT2D eigenvalue weighted by Gasteiger charge is -2.42. The molecule has 5 nitrogen and oxygen atoms in total. The fraction of sp³-hybridized carbons (Fsp3) is 0.550. The zero-order valence-electron chi connectivity index (χ0n) is 15.5. The van der Waals surface area contributed by atoms with Gasteiger partial charge in [-0.15, -0.1) is 0 Å². The van der Waals surface area contributed by atoms with Crippen LogP contribution in [0, 0.1) is 20.8 Å². The van der Waals surface area contributed by atoms with Crippen molar-refractivity contribution in [2.24, 2.45) is 0 Å². The Morgan fingerprint density at radius 2 is 1.80 bits per heavy atom. The van der Waals surface area contributed by atoms with Crippen molar-refractivity contribution in [2.75, 3.05) is 33.3 Å². The van der Waals surface area contributed by atoms with Crippen LogP contribution in [0.4, 0.5) is 0 Å². The van der Waals surface area contributed by atoms with Gasteiger partial charge in [0.15, 0.2) is 5.76 Å². The van der Waals surface area contributed by atoms with Gasteiger partial charge in [-0.3, -0.25) is 4.79 Å². The molecule has 2 aliphatic rings. The van der Waals surface area contributed by atoms with Gasteiger partial charge in [0, 0.05) is 43.4 Å². The van der Waals surface area contributed by atoms with Crippen LogP contribution in [0.1, 0.15) is 40.1 Å². The van der Waals surface area contributed by atoms with Gasteiger partial charge in [0.25, 0.3) is 5.91 Å². The lowest BCUT2D eigenvalue weighted by molar-refractivity contribution is -0.103. The number of ether oxygens (including phenoxy) is 1. The second-order valence-corrected chi connectivity index (χ2v) is 7.50. The van der Waals surface area contributed by atoms with E-state index in [9.17, 15) is 4.79 Å². The van der Waals surface area contributed by atoms with Crippen LogP contribution < -0.4 is 0 Å². The van der Waals surface area contributed by atoms with Crippen LogP contribution in [0.5, 0.6) is 0 Å². The number of benzene rings is 1. The number of hydrogen-bond acceptors (Lipinski definition) is 4. The van der Waals surface area contributed by atoms with Crippen LogP contribution >= 0.6 is 0 Å². The second-order valence-electron chi connectivity index (χ2n) is 7.50. The minimum Gasteiger partial charge on any atom is -0.450 e. The number of piperidine rings is 1. The van der Waals surface area contributed by atoms with E-state index in [1.807, 2.05) is 18.7 Å². The van der Waals surface area contributed by atoms with Crippen LogP contribution in [0.25, 0.3) is 11.0 Å². The average molecular weight is 342 g/mol. The van der Waals surface area contributed by atoms with E-state index < -0.39 is 5.72 Å². The second kappa shape index (κ2) is 5.85. The first-order valence-corrected chi connectivity index (χ1v) is 9.07. The van der Waals surface area contributed by atoms with E-state index in [0.29, 0.717) is 18.9 Å². The molecule has 2 saturated heterocycles. The number of hydrogen-bond donors (Lipinski definition) is 0. The van der Waals surface area contributed by atoms with Crippen LogP contribution in [0.15, 0.2) is 16.5 Å². The van der Waals surface area contributed by atoms with Gasteiger partial charge >= 0.3 is 0 Å². The Morgan fingerprint density at radius 1 is 1.08 bits per heavy atom. The maximum atomic E-state index is 13.3. The van der Waals surface area contributed by atoms with E-state index in [2.05, 4.69) is 31.0 Å². The summed E-state index contributed by atoms with van der Waals surface area (Å²) in [6, 6.07) is 4.14. The lowest BCUT2D eigenvalue weighted by atomic mass is 9.98. The monoisotopic (exact) mass is 342 g/mol. The van der Waals surface area contributed by atoms with Crippen molar-refractivity contribution < 1.29 is 13.9 Å². The number of fused-ring (bicyclic) bond motifs is 1. The van der Waals surface area contributed by atoms with E-state index in [0.717, 1.165) is 48.0 Å². The molecule has 2 aliphatic heterocycles. The first-order valence-electron chi connectivity index (χ1n) is 9.07. The summed E-state index contributed by atoms with van der Waals surface area (Å²) in [7, 11) is 2.11. The Balaban J connectivity index is 1.72. The maximum Gasteiger partial charge on any atom is 0.292 e. The molecule has 0 unspecified atom stereocenters. The summed E-state index contributed by atoms with van der Waals surface area (Å²) in [6.07, 6.45) is 1.71. The van der Waals surface area contributed by atoms with Gasteiger partial charge in [0.2, 0.25) is 0 Å². The quantitative estimate of drug-likeness (QED) is 0.798. The summed E-state index contributed by atoms with van der Waals surface area (Å²) < 4.78 is 12.2. The Labute approximate surface area is 148 Å². The molecular formula is C20H26N2O3. The highest BCUT2D eigenvalue weighted by Gasteiger charge is 2.47. The molecule has 25 heavy (non-hydrogen) atoms. The molecule has 1 amide bonds. The number of nitrogens with zero attached hydrogens (tertiary/aromatic N) is 2. The molecule has 0 bridgehead atoms. The summed E-state index contributed by atoms with van der Waals surface area (Å²) in [4.78, 5) is 17.5. The van der Waals surface area contributed by atoms with Gasteiger partial charge in [-0.25, -0.2) is 0 Å². The third-order valence-corrected chi connectivity index (χ3v) is 6.01. The summed E-state index contributed by atoms with van der Waals surface area (Å²) in [5.74, 6) is 0.431.